The van der Waals surface area contributed by atoms with Crippen molar-refractivity contribution in [3.8, 4) is 0 Å². The van der Waals surface area contributed by atoms with Crippen molar-refractivity contribution in [2.24, 2.45) is 12.9 Å². The molecule has 0 saturated carbocycles. The zero-order chi connectivity index (χ0) is 14.1. The van der Waals surface area contributed by atoms with E-state index in [4.69, 9.17) is 5.84 Å². The number of rotatable bonds is 3. The summed E-state index contributed by atoms with van der Waals surface area (Å²) in [5.74, 6) is 5.77. The predicted octanol–water partition coefficient (Wildman–Crippen LogP) is 2.28. The summed E-state index contributed by atoms with van der Waals surface area (Å²) in [6.07, 6.45) is 3.55. The van der Waals surface area contributed by atoms with Crippen molar-refractivity contribution in [2.45, 2.75) is 6.04 Å². The molecular weight excluding hydrogens is 318 g/mol. The number of aryl methyl sites for hydroxylation is 1. The van der Waals surface area contributed by atoms with Crippen molar-refractivity contribution >= 4 is 26.7 Å². The maximum absolute atomic E-state index is 5.77. The number of benzene rings is 1. The molecular formula is C14H14BrN5. The van der Waals surface area contributed by atoms with Gasteiger partial charge in [-0.3, -0.25) is 15.5 Å². The SMILES string of the molecule is Cn1ncc(Br)c1C(NN)c1nccc2ccccc12. The zero-order valence-electron chi connectivity index (χ0n) is 10.9. The second-order valence-electron chi connectivity index (χ2n) is 4.52. The number of pyridine rings is 1. The summed E-state index contributed by atoms with van der Waals surface area (Å²) in [6, 6.07) is 9.88. The zero-order valence-corrected chi connectivity index (χ0v) is 12.5. The molecule has 2 aromatic heterocycles. The van der Waals surface area contributed by atoms with Crippen LogP contribution in [-0.4, -0.2) is 14.8 Å². The Hall–Kier alpha value is -1.76. The second kappa shape index (κ2) is 5.32. The van der Waals surface area contributed by atoms with Crippen molar-refractivity contribution in [3.63, 3.8) is 0 Å². The average Bonchev–Trinajstić information content (AvgIpc) is 2.81. The Balaban J connectivity index is 2.22. The highest BCUT2D eigenvalue weighted by molar-refractivity contribution is 9.10. The maximum Gasteiger partial charge on any atom is 0.107 e. The second-order valence-corrected chi connectivity index (χ2v) is 5.37. The maximum atomic E-state index is 5.77. The van der Waals surface area contributed by atoms with E-state index in [0.717, 1.165) is 26.6 Å². The number of nitrogens with two attached hydrogens (primary N) is 1. The van der Waals surface area contributed by atoms with Crippen LogP contribution in [0.15, 0.2) is 47.2 Å². The fraction of sp³-hybridized carbons (Fsp3) is 0.143. The van der Waals surface area contributed by atoms with Gasteiger partial charge in [0.05, 0.1) is 22.1 Å². The van der Waals surface area contributed by atoms with Crippen LogP contribution >= 0.6 is 15.9 Å². The fourth-order valence-corrected chi connectivity index (χ4v) is 2.98. The van der Waals surface area contributed by atoms with Crippen molar-refractivity contribution in [1.82, 2.24) is 20.2 Å². The van der Waals surface area contributed by atoms with Crippen LogP contribution in [0.25, 0.3) is 10.8 Å². The molecule has 3 aromatic rings. The smallest absolute Gasteiger partial charge is 0.107 e. The van der Waals surface area contributed by atoms with Crippen LogP contribution in [0.5, 0.6) is 0 Å². The molecule has 2 heterocycles. The van der Waals surface area contributed by atoms with Crippen molar-refractivity contribution in [1.29, 1.82) is 0 Å². The fourth-order valence-electron chi connectivity index (χ4n) is 2.41. The molecule has 0 bridgehead atoms. The van der Waals surface area contributed by atoms with Gasteiger partial charge in [-0.05, 0) is 27.4 Å². The molecule has 20 heavy (non-hydrogen) atoms. The first kappa shape index (κ1) is 13.2. The lowest BCUT2D eigenvalue weighted by atomic mass is 10.0. The van der Waals surface area contributed by atoms with Crippen LogP contribution in [0.1, 0.15) is 17.4 Å². The third-order valence-corrected chi connectivity index (χ3v) is 3.97. The Morgan fingerprint density at radius 1 is 1.30 bits per heavy atom. The number of aromatic nitrogens is 3. The summed E-state index contributed by atoms with van der Waals surface area (Å²) >= 11 is 3.51. The molecule has 0 radical (unpaired) electrons. The highest BCUT2D eigenvalue weighted by atomic mass is 79.9. The first-order valence-electron chi connectivity index (χ1n) is 6.19. The Morgan fingerprint density at radius 3 is 2.80 bits per heavy atom. The molecule has 0 aliphatic carbocycles. The lowest BCUT2D eigenvalue weighted by Gasteiger charge is -2.18. The van der Waals surface area contributed by atoms with E-state index < -0.39 is 0 Å². The van der Waals surface area contributed by atoms with Gasteiger partial charge < -0.3 is 0 Å². The largest absolute Gasteiger partial charge is 0.270 e. The monoisotopic (exact) mass is 331 g/mol. The molecule has 0 saturated heterocycles. The number of nitrogens with zero attached hydrogens (tertiary/aromatic N) is 3. The highest BCUT2D eigenvalue weighted by Crippen LogP contribution is 2.30. The minimum Gasteiger partial charge on any atom is -0.270 e. The van der Waals surface area contributed by atoms with Gasteiger partial charge in [-0.2, -0.15) is 5.10 Å². The molecule has 1 aromatic carbocycles. The molecule has 0 aliphatic heterocycles. The summed E-state index contributed by atoms with van der Waals surface area (Å²) in [7, 11) is 1.88. The topological polar surface area (TPSA) is 68.8 Å². The van der Waals surface area contributed by atoms with Gasteiger partial charge in [0.15, 0.2) is 0 Å². The van der Waals surface area contributed by atoms with Crippen LogP contribution in [0.3, 0.4) is 0 Å². The molecule has 0 spiro atoms. The lowest BCUT2D eigenvalue weighted by Crippen LogP contribution is -2.31. The quantitative estimate of drug-likeness (QED) is 0.570. The predicted molar refractivity (Wildman–Crippen MR) is 81.8 cm³/mol. The van der Waals surface area contributed by atoms with Gasteiger partial charge >= 0.3 is 0 Å². The number of halogens is 1. The van der Waals surface area contributed by atoms with Gasteiger partial charge in [0.25, 0.3) is 0 Å². The Morgan fingerprint density at radius 2 is 2.10 bits per heavy atom. The number of fused-ring (bicyclic) bond motifs is 1. The molecule has 1 unspecified atom stereocenters. The van der Waals surface area contributed by atoms with E-state index in [2.05, 4.69) is 37.5 Å². The molecule has 3 N–H and O–H groups in total. The Bertz CT molecular complexity index is 727. The number of hydrazine groups is 1. The summed E-state index contributed by atoms with van der Waals surface area (Å²) in [5, 5.41) is 6.45. The van der Waals surface area contributed by atoms with Gasteiger partial charge in [-0.25, -0.2) is 5.43 Å². The molecule has 102 valence electrons. The standard InChI is InChI=1S/C14H14BrN5/c1-20-14(11(15)8-18-20)13(19-16)12-10-5-3-2-4-9(10)6-7-17-12/h2-8,13,19H,16H2,1H3. The molecule has 6 heteroatoms. The molecule has 0 amide bonds. The van der Waals surface area contributed by atoms with E-state index in [9.17, 15) is 0 Å². The number of nitrogens with one attached hydrogen (secondary N) is 1. The first-order valence-corrected chi connectivity index (χ1v) is 6.99. The van der Waals surface area contributed by atoms with E-state index in [0.29, 0.717) is 0 Å². The minimum atomic E-state index is -0.233. The van der Waals surface area contributed by atoms with Gasteiger partial charge in [-0.1, -0.05) is 24.3 Å². The van der Waals surface area contributed by atoms with E-state index >= 15 is 0 Å². The van der Waals surface area contributed by atoms with Crippen LogP contribution in [0.4, 0.5) is 0 Å². The van der Waals surface area contributed by atoms with Crippen LogP contribution in [0, 0.1) is 0 Å². The highest BCUT2D eigenvalue weighted by Gasteiger charge is 2.22. The Kier molecular flexibility index (Phi) is 3.52. The van der Waals surface area contributed by atoms with Crippen LogP contribution in [0.2, 0.25) is 0 Å². The number of hydrogen-bond acceptors (Lipinski definition) is 4. The third-order valence-electron chi connectivity index (χ3n) is 3.36. The molecule has 0 fully saturated rings. The molecule has 3 rings (SSSR count). The first-order chi connectivity index (χ1) is 9.72. The lowest BCUT2D eigenvalue weighted by molar-refractivity contribution is 0.565. The summed E-state index contributed by atoms with van der Waals surface area (Å²) < 4.78 is 2.69. The molecule has 1 atom stereocenters. The molecule has 0 aliphatic rings. The van der Waals surface area contributed by atoms with E-state index in [1.807, 2.05) is 31.3 Å². The van der Waals surface area contributed by atoms with E-state index in [-0.39, 0.29) is 6.04 Å². The van der Waals surface area contributed by atoms with E-state index in [1.165, 1.54) is 0 Å². The van der Waals surface area contributed by atoms with E-state index in [1.54, 1.807) is 17.1 Å². The summed E-state index contributed by atoms with van der Waals surface area (Å²) in [4.78, 5) is 4.51. The molecule has 5 nitrogen and oxygen atoms in total. The van der Waals surface area contributed by atoms with Gasteiger partial charge in [0, 0.05) is 18.6 Å². The van der Waals surface area contributed by atoms with Crippen LogP contribution < -0.4 is 11.3 Å². The third kappa shape index (κ3) is 2.11. The van der Waals surface area contributed by atoms with Gasteiger partial charge in [0.2, 0.25) is 0 Å². The normalized spacial score (nSPS) is 12.8. The van der Waals surface area contributed by atoms with Gasteiger partial charge in [-0.15, -0.1) is 0 Å². The Labute approximate surface area is 124 Å². The minimum absolute atomic E-state index is 0.233. The summed E-state index contributed by atoms with van der Waals surface area (Å²) in [6.45, 7) is 0. The van der Waals surface area contributed by atoms with Crippen LogP contribution in [-0.2, 0) is 7.05 Å². The van der Waals surface area contributed by atoms with Gasteiger partial charge in [0.1, 0.15) is 6.04 Å². The summed E-state index contributed by atoms with van der Waals surface area (Å²) in [5.41, 5.74) is 4.67. The average molecular weight is 332 g/mol. The number of hydrogen-bond donors (Lipinski definition) is 2. The van der Waals surface area contributed by atoms with Crippen molar-refractivity contribution < 1.29 is 0 Å². The van der Waals surface area contributed by atoms with Crippen molar-refractivity contribution in [3.05, 3.63) is 58.6 Å². The van der Waals surface area contributed by atoms with Crippen molar-refractivity contribution in [2.75, 3.05) is 0 Å².